The average molecular weight is 244 g/mol. The molecule has 18 heavy (non-hydrogen) atoms. The summed E-state index contributed by atoms with van der Waals surface area (Å²) in [5, 5.41) is 0. The molecule has 2 unspecified atom stereocenters. The van der Waals surface area contributed by atoms with Crippen molar-refractivity contribution >= 4 is 5.78 Å². The minimum absolute atomic E-state index is 0.268. The first kappa shape index (κ1) is 13.3. The van der Waals surface area contributed by atoms with Gasteiger partial charge in [0.25, 0.3) is 0 Å². The first-order chi connectivity index (χ1) is 8.61. The zero-order chi connectivity index (χ0) is 13.1. The van der Waals surface area contributed by atoms with Crippen molar-refractivity contribution in [1.29, 1.82) is 0 Å². The molecule has 2 rings (SSSR count). The van der Waals surface area contributed by atoms with Gasteiger partial charge in [0.05, 0.1) is 0 Å². The Morgan fingerprint density at radius 1 is 1.28 bits per heavy atom. The van der Waals surface area contributed by atoms with Crippen molar-refractivity contribution in [3.8, 4) is 0 Å². The quantitative estimate of drug-likeness (QED) is 0.704. The highest BCUT2D eigenvalue weighted by Crippen LogP contribution is 2.33. The van der Waals surface area contributed by atoms with Crippen LogP contribution in [0.5, 0.6) is 0 Å². The minimum Gasteiger partial charge on any atom is -0.294 e. The minimum atomic E-state index is 0.268. The number of hydrogen-bond acceptors (Lipinski definition) is 1. The van der Waals surface area contributed by atoms with Crippen molar-refractivity contribution in [2.75, 3.05) is 0 Å². The molecule has 1 fully saturated rings. The van der Waals surface area contributed by atoms with Crippen LogP contribution in [0.4, 0.5) is 0 Å². The van der Waals surface area contributed by atoms with Gasteiger partial charge in [-0.1, -0.05) is 43.9 Å². The van der Waals surface area contributed by atoms with Crippen LogP contribution < -0.4 is 0 Å². The van der Waals surface area contributed by atoms with E-state index in [0.29, 0.717) is 5.78 Å². The van der Waals surface area contributed by atoms with Crippen LogP contribution in [0.1, 0.15) is 60.5 Å². The Bertz CT molecular complexity index is 433. The highest BCUT2D eigenvalue weighted by molar-refractivity contribution is 5.99. The molecule has 98 valence electrons. The van der Waals surface area contributed by atoms with Crippen LogP contribution in [0.25, 0.3) is 0 Å². The maximum Gasteiger partial charge on any atom is 0.166 e. The largest absolute Gasteiger partial charge is 0.294 e. The first-order valence-electron chi connectivity index (χ1n) is 7.23. The lowest BCUT2D eigenvalue weighted by atomic mass is 9.76. The van der Waals surface area contributed by atoms with Crippen LogP contribution in [-0.4, -0.2) is 5.78 Å². The SMILES string of the molecule is CCC1CCCC(C(=O)c2cc(C)ccc2C)C1. The highest BCUT2D eigenvalue weighted by atomic mass is 16.1. The van der Waals surface area contributed by atoms with Gasteiger partial charge in [0.1, 0.15) is 0 Å². The third-order valence-corrected chi connectivity index (χ3v) is 4.39. The van der Waals surface area contributed by atoms with Crippen molar-refractivity contribution in [1.82, 2.24) is 0 Å². The molecule has 2 atom stereocenters. The number of Topliss-reactive ketones (excluding diaryl/α,β-unsaturated/α-hetero) is 1. The van der Waals surface area contributed by atoms with Gasteiger partial charge >= 0.3 is 0 Å². The van der Waals surface area contributed by atoms with Gasteiger partial charge in [-0.3, -0.25) is 4.79 Å². The Kier molecular flexibility index (Phi) is 4.21. The lowest BCUT2D eigenvalue weighted by Gasteiger charge is -2.27. The second-order valence-corrected chi connectivity index (χ2v) is 5.82. The van der Waals surface area contributed by atoms with Gasteiger partial charge in [0.2, 0.25) is 0 Å². The van der Waals surface area contributed by atoms with E-state index < -0.39 is 0 Å². The maximum atomic E-state index is 12.6. The van der Waals surface area contributed by atoms with Gasteiger partial charge in [0, 0.05) is 11.5 Å². The van der Waals surface area contributed by atoms with Crippen LogP contribution in [0.3, 0.4) is 0 Å². The maximum absolute atomic E-state index is 12.6. The van der Waals surface area contributed by atoms with Crippen molar-refractivity contribution in [2.24, 2.45) is 11.8 Å². The number of aryl methyl sites for hydroxylation is 2. The topological polar surface area (TPSA) is 17.1 Å². The van der Waals surface area contributed by atoms with Gasteiger partial charge in [-0.25, -0.2) is 0 Å². The molecule has 1 saturated carbocycles. The Morgan fingerprint density at radius 3 is 2.78 bits per heavy atom. The molecule has 1 aliphatic carbocycles. The molecule has 1 aromatic rings. The van der Waals surface area contributed by atoms with E-state index >= 15 is 0 Å². The van der Waals surface area contributed by atoms with Crippen LogP contribution in [-0.2, 0) is 0 Å². The standard InChI is InChI=1S/C17H24O/c1-4-14-6-5-7-15(11-14)17(18)16-10-12(2)8-9-13(16)3/h8-10,14-15H,4-7,11H2,1-3H3. The Morgan fingerprint density at radius 2 is 2.06 bits per heavy atom. The fraction of sp³-hybridized carbons (Fsp3) is 0.588. The highest BCUT2D eigenvalue weighted by Gasteiger charge is 2.27. The first-order valence-corrected chi connectivity index (χ1v) is 7.23. The summed E-state index contributed by atoms with van der Waals surface area (Å²) >= 11 is 0. The zero-order valence-corrected chi connectivity index (χ0v) is 11.8. The van der Waals surface area contributed by atoms with Crippen molar-refractivity contribution < 1.29 is 4.79 Å². The van der Waals surface area contributed by atoms with E-state index in [1.165, 1.54) is 24.8 Å². The molecule has 0 N–H and O–H groups in total. The smallest absolute Gasteiger partial charge is 0.166 e. The molecule has 0 spiro atoms. The molecule has 0 radical (unpaired) electrons. The van der Waals surface area contributed by atoms with E-state index in [1.807, 2.05) is 6.92 Å². The molecule has 1 heteroatoms. The molecule has 0 aromatic heterocycles. The summed E-state index contributed by atoms with van der Waals surface area (Å²) in [7, 11) is 0. The molecular weight excluding hydrogens is 220 g/mol. The number of hydrogen-bond donors (Lipinski definition) is 0. The van der Waals surface area contributed by atoms with Gasteiger partial charge in [-0.05, 0) is 44.2 Å². The van der Waals surface area contributed by atoms with Gasteiger partial charge in [-0.2, -0.15) is 0 Å². The number of carbonyl (C=O) groups excluding carboxylic acids is 1. The fourth-order valence-corrected chi connectivity index (χ4v) is 3.12. The zero-order valence-electron chi connectivity index (χ0n) is 11.8. The second-order valence-electron chi connectivity index (χ2n) is 5.82. The van der Waals surface area contributed by atoms with Crippen molar-refractivity contribution in [3.05, 3.63) is 34.9 Å². The predicted molar refractivity (Wildman–Crippen MR) is 76.0 cm³/mol. The normalized spacial score (nSPS) is 23.9. The molecule has 0 saturated heterocycles. The van der Waals surface area contributed by atoms with Crippen LogP contribution in [0, 0.1) is 25.7 Å². The number of carbonyl (C=O) groups is 1. The van der Waals surface area contributed by atoms with Gasteiger partial charge in [-0.15, -0.1) is 0 Å². The van der Waals surface area contributed by atoms with Crippen LogP contribution >= 0.6 is 0 Å². The molecule has 1 aliphatic rings. The lowest BCUT2D eigenvalue weighted by molar-refractivity contribution is 0.0861. The number of benzene rings is 1. The molecule has 0 heterocycles. The second kappa shape index (κ2) is 5.69. The number of rotatable bonds is 3. The summed E-state index contributed by atoms with van der Waals surface area (Å²) < 4.78 is 0. The molecule has 0 aliphatic heterocycles. The Balaban J connectivity index is 2.17. The van der Waals surface area contributed by atoms with E-state index in [2.05, 4.69) is 32.0 Å². The summed E-state index contributed by atoms with van der Waals surface area (Å²) in [4.78, 5) is 12.6. The van der Waals surface area contributed by atoms with Gasteiger partial charge < -0.3 is 0 Å². The molecule has 1 aromatic carbocycles. The van der Waals surface area contributed by atoms with E-state index in [0.717, 1.165) is 29.9 Å². The summed E-state index contributed by atoms with van der Waals surface area (Å²) in [6.45, 7) is 6.36. The fourth-order valence-electron chi connectivity index (χ4n) is 3.12. The summed E-state index contributed by atoms with van der Waals surface area (Å²) in [6.07, 6.45) is 5.94. The van der Waals surface area contributed by atoms with Crippen LogP contribution in [0.15, 0.2) is 18.2 Å². The summed E-state index contributed by atoms with van der Waals surface area (Å²) in [6, 6.07) is 6.22. The van der Waals surface area contributed by atoms with Gasteiger partial charge in [0.15, 0.2) is 5.78 Å². The monoisotopic (exact) mass is 244 g/mol. The summed E-state index contributed by atoms with van der Waals surface area (Å²) in [5.41, 5.74) is 3.27. The summed E-state index contributed by atoms with van der Waals surface area (Å²) in [5.74, 6) is 1.41. The molecular formula is C17H24O. The Labute approximate surface area is 111 Å². The van der Waals surface area contributed by atoms with E-state index in [9.17, 15) is 4.79 Å². The third-order valence-electron chi connectivity index (χ3n) is 4.39. The number of ketones is 1. The molecule has 0 bridgehead atoms. The lowest BCUT2D eigenvalue weighted by Crippen LogP contribution is -2.23. The van der Waals surface area contributed by atoms with Crippen molar-refractivity contribution in [2.45, 2.75) is 52.9 Å². The predicted octanol–water partition coefficient (Wildman–Crippen LogP) is 4.70. The van der Waals surface area contributed by atoms with E-state index in [1.54, 1.807) is 0 Å². The average Bonchev–Trinajstić information content (AvgIpc) is 2.41. The van der Waals surface area contributed by atoms with Crippen molar-refractivity contribution in [3.63, 3.8) is 0 Å². The van der Waals surface area contributed by atoms with E-state index in [4.69, 9.17) is 0 Å². The molecule has 1 nitrogen and oxygen atoms in total. The van der Waals surface area contributed by atoms with Crippen LogP contribution in [0.2, 0.25) is 0 Å². The Hall–Kier alpha value is -1.11. The third kappa shape index (κ3) is 2.82. The molecule has 0 amide bonds. The van der Waals surface area contributed by atoms with E-state index in [-0.39, 0.29) is 5.92 Å².